The van der Waals surface area contributed by atoms with E-state index in [0.29, 0.717) is 11.4 Å². The number of carbonyl (C=O) groups is 2. The van der Waals surface area contributed by atoms with Gasteiger partial charge in [-0.3, -0.25) is 9.59 Å². The quantitative estimate of drug-likeness (QED) is 0.814. The Balaban J connectivity index is 2.07. The molecule has 142 valence electrons. The zero-order valence-electron chi connectivity index (χ0n) is 16.2. The molecule has 2 atom stereocenters. The maximum absolute atomic E-state index is 12.8. The van der Waals surface area contributed by atoms with Gasteiger partial charge >= 0.3 is 0 Å². The van der Waals surface area contributed by atoms with Crippen LogP contribution in [0.15, 0.2) is 30.3 Å². The summed E-state index contributed by atoms with van der Waals surface area (Å²) in [6.07, 6.45) is 0. The average molecular weight is 368 g/mol. The molecule has 1 aliphatic heterocycles. The number of phenols is 1. The molecule has 0 bridgehead atoms. The molecule has 0 aliphatic carbocycles. The maximum Gasteiger partial charge on any atom is 0.252 e. The molecule has 27 heavy (non-hydrogen) atoms. The van der Waals surface area contributed by atoms with E-state index in [1.807, 2.05) is 39.0 Å². The fourth-order valence-corrected chi connectivity index (χ4v) is 3.45. The zero-order chi connectivity index (χ0) is 19.9. The lowest BCUT2D eigenvalue weighted by Crippen LogP contribution is -2.65. The standard InChI is InChI=1S/C21H24N2O4/c1-11-6-7-15(9-17(11)25)20-19(22-14(4)24)21(26)23(20)16-8-12(2)13(3)18(10-16)27-5/h6-10,19-20,25H,1-5H3,(H,22,24)/t19-,20-/m0/s1. The zero-order valence-corrected chi connectivity index (χ0v) is 16.2. The molecule has 6 nitrogen and oxygen atoms in total. The van der Waals surface area contributed by atoms with Gasteiger partial charge in [-0.15, -0.1) is 0 Å². The van der Waals surface area contributed by atoms with Crippen molar-refractivity contribution in [1.29, 1.82) is 0 Å². The number of hydrogen-bond donors (Lipinski definition) is 2. The topological polar surface area (TPSA) is 78.9 Å². The molecule has 1 saturated heterocycles. The minimum atomic E-state index is -0.669. The van der Waals surface area contributed by atoms with Crippen molar-refractivity contribution in [2.45, 2.75) is 39.8 Å². The second-order valence-electron chi connectivity index (χ2n) is 6.97. The van der Waals surface area contributed by atoms with Crippen LogP contribution in [0, 0.1) is 20.8 Å². The summed E-state index contributed by atoms with van der Waals surface area (Å²) in [6, 6.07) is 8.00. The Bertz CT molecular complexity index is 923. The number of benzene rings is 2. The number of phenolic OH excluding ortho intramolecular Hbond substituents is 1. The number of nitrogens with one attached hydrogen (secondary N) is 1. The van der Waals surface area contributed by atoms with Gasteiger partial charge in [0.1, 0.15) is 17.5 Å². The van der Waals surface area contributed by atoms with Crippen molar-refractivity contribution in [3.05, 3.63) is 52.6 Å². The molecule has 6 heteroatoms. The monoisotopic (exact) mass is 368 g/mol. The highest BCUT2D eigenvalue weighted by Crippen LogP contribution is 2.42. The lowest BCUT2D eigenvalue weighted by atomic mass is 9.86. The van der Waals surface area contributed by atoms with Crippen LogP contribution in [0.4, 0.5) is 5.69 Å². The van der Waals surface area contributed by atoms with Crippen LogP contribution in [0.25, 0.3) is 0 Å². The van der Waals surface area contributed by atoms with Crippen LogP contribution < -0.4 is 15.0 Å². The number of methoxy groups -OCH3 is 1. The lowest BCUT2D eigenvalue weighted by molar-refractivity contribution is -0.132. The van der Waals surface area contributed by atoms with E-state index in [-0.39, 0.29) is 17.6 Å². The minimum Gasteiger partial charge on any atom is -0.508 e. The van der Waals surface area contributed by atoms with Crippen molar-refractivity contribution in [3.8, 4) is 11.5 Å². The number of anilines is 1. The SMILES string of the molecule is COc1cc(N2C(=O)[C@@H](NC(C)=O)[C@@H]2c2ccc(C)c(O)c2)cc(C)c1C. The van der Waals surface area contributed by atoms with Crippen molar-refractivity contribution in [2.24, 2.45) is 0 Å². The average Bonchev–Trinajstić information content (AvgIpc) is 2.62. The smallest absolute Gasteiger partial charge is 0.252 e. The molecule has 1 fully saturated rings. The van der Waals surface area contributed by atoms with Gasteiger partial charge in [0.15, 0.2) is 0 Å². The molecular formula is C21H24N2O4. The van der Waals surface area contributed by atoms with E-state index >= 15 is 0 Å². The van der Waals surface area contributed by atoms with Crippen molar-refractivity contribution in [3.63, 3.8) is 0 Å². The molecule has 2 amide bonds. The van der Waals surface area contributed by atoms with Crippen LogP contribution in [0.5, 0.6) is 11.5 Å². The Kier molecular flexibility index (Phi) is 4.83. The van der Waals surface area contributed by atoms with Gasteiger partial charge < -0.3 is 20.1 Å². The first-order valence-electron chi connectivity index (χ1n) is 8.79. The highest BCUT2D eigenvalue weighted by atomic mass is 16.5. The molecule has 0 spiro atoms. The van der Waals surface area contributed by atoms with Gasteiger partial charge in [-0.2, -0.15) is 0 Å². The van der Waals surface area contributed by atoms with E-state index < -0.39 is 12.1 Å². The number of ether oxygens (including phenoxy) is 1. The van der Waals surface area contributed by atoms with Crippen LogP contribution in [-0.4, -0.2) is 30.1 Å². The van der Waals surface area contributed by atoms with E-state index in [1.165, 1.54) is 6.92 Å². The number of rotatable bonds is 4. The second kappa shape index (κ2) is 6.95. The summed E-state index contributed by atoms with van der Waals surface area (Å²) in [5, 5.41) is 12.8. The largest absolute Gasteiger partial charge is 0.508 e. The number of nitrogens with zero attached hydrogens (tertiary/aromatic N) is 1. The highest BCUT2D eigenvalue weighted by molar-refractivity contribution is 6.07. The summed E-state index contributed by atoms with van der Waals surface area (Å²) in [7, 11) is 1.60. The van der Waals surface area contributed by atoms with Gasteiger partial charge in [-0.25, -0.2) is 0 Å². The minimum absolute atomic E-state index is 0.158. The molecule has 0 unspecified atom stereocenters. The van der Waals surface area contributed by atoms with Gasteiger partial charge in [-0.05, 0) is 55.2 Å². The number of hydrogen-bond acceptors (Lipinski definition) is 4. The Labute approximate surface area is 158 Å². The molecule has 3 rings (SSSR count). The Morgan fingerprint density at radius 3 is 2.44 bits per heavy atom. The van der Waals surface area contributed by atoms with Crippen LogP contribution >= 0.6 is 0 Å². The van der Waals surface area contributed by atoms with Crippen LogP contribution in [0.3, 0.4) is 0 Å². The van der Waals surface area contributed by atoms with E-state index in [9.17, 15) is 14.7 Å². The van der Waals surface area contributed by atoms with Gasteiger partial charge in [0.05, 0.1) is 13.2 Å². The molecule has 0 saturated carbocycles. The third-order valence-corrected chi connectivity index (χ3v) is 5.13. The van der Waals surface area contributed by atoms with Gasteiger partial charge in [0.25, 0.3) is 5.91 Å². The first-order chi connectivity index (χ1) is 12.7. The highest BCUT2D eigenvalue weighted by Gasteiger charge is 2.49. The first-order valence-corrected chi connectivity index (χ1v) is 8.79. The van der Waals surface area contributed by atoms with Crippen LogP contribution in [0.2, 0.25) is 0 Å². The van der Waals surface area contributed by atoms with Crippen molar-refractivity contribution >= 4 is 17.5 Å². The molecule has 0 aromatic heterocycles. The summed E-state index contributed by atoms with van der Waals surface area (Å²) in [5.74, 6) is 0.393. The van der Waals surface area contributed by atoms with Crippen molar-refractivity contribution in [1.82, 2.24) is 5.32 Å². The predicted molar refractivity (Wildman–Crippen MR) is 103 cm³/mol. The Hall–Kier alpha value is -3.02. The molecule has 1 aliphatic rings. The third kappa shape index (κ3) is 3.23. The molecular weight excluding hydrogens is 344 g/mol. The van der Waals surface area contributed by atoms with Gasteiger partial charge in [0.2, 0.25) is 5.91 Å². The van der Waals surface area contributed by atoms with E-state index in [4.69, 9.17) is 4.74 Å². The predicted octanol–water partition coefficient (Wildman–Crippen LogP) is 2.92. The van der Waals surface area contributed by atoms with E-state index in [1.54, 1.807) is 24.1 Å². The van der Waals surface area contributed by atoms with Crippen LogP contribution in [0.1, 0.15) is 35.2 Å². The normalized spacial score (nSPS) is 18.9. The number of amides is 2. The fraction of sp³-hybridized carbons (Fsp3) is 0.333. The summed E-state index contributed by atoms with van der Waals surface area (Å²) < 4.78 is 5.44. The first kappa shape index (κ1) is 18.8. The molecule has 1 heterocycles. The Morgan fingerprint density at radius 1 is 1.15 bits per heavy atom. The number of β-lactam (4-membered cyclic amide) rings is 1. The summed E-state index contributed by atoms with van der Waals surface area (Å²) in [6.45, 7) is 7.12. The van der Waals surface area contributed by atoms with Crippen molar-refractivity contribution < 1.29 is 19.4 Å². The summed E-state index contributed by atoms with van der Waals surface area (Å²) >= 11 is 0. The number of aryl methyl sites for hydroxylation is 2. The van der Waals surface area contributed by atoms with E-state index in [0.717, 1.165) is 22.3 Å². The fourth-order valence-electron chi connectivity index (χ4n) is 3.45. The molecule has 2 aromatic rings. The molecule has 2 N–H and O–H groups in total. The summed E-state index contributed by atoms with van der Waals surface area (Å²) in [4.78, 5) is 26.1. The van der Waals surface area contributed by atoms with Crippen LogP contribution in [-0.2, 0) is 9.59 Å². The lowest BCUT2D eigenvalue weighted by Gasteiger charge is -2.47. The maximum atomic E-state index is 12.8. The van der Waals surface area contributed by atoms with Gasteiger partial charge in [0, 0.05) is 18.7 Å². The number of carbonyl (C=O) groups excluding carboxylic acids is 2. The van der Waals surface area contributed by atoms with Crippen molar-refractivity contribution in [2.75, 3.05) is 12.0 Å². The van der Waals surface area contributed by atoms with E-state index in [2.05, 4.69) is 5.32 Å². The Morgan fingerprint density at radius 2 is 1.85 bits per heavy atom. The number of aromatic hydroxyl groups is 1. The summed E-state index contributed by atoms with van der Waals surface area (Å²) in [5.41, 5.74) is 4.22. The molecule has 2 aromatic carbocycles. The molecule has 0 radical (unpaired) electrons. The second-order valence-corrected chi connectivity index (χ2v) is 6.97. The van der Waals surface area contributed by atoms with Gasteiger partial charge in [-0.1, -0.05) is 12.1 Å². The third-order valence-electron chi connectivity index (χ3n) is 5.13.